The topological polar surface area (TPSA) is 24.7 Å². The summed E-state index contributed by atoms with van der Waals surface area (Å²) >= 11 is 0. The first-order chi connectivity index (χ1) is 10.9. The van der Waals surface area contributed by atoms with E-state index < -0.39 is 0 Å². The molecule has 4 aromatic rings. The molecule has 0 bridgehead atoms. The van der Waals surface area contributed by atoms with Crippen molar-refractivity contribution in [2.75, 3.05) is 0 Å². The lowest BCUT2D eigenvalue weighted by molar-refractivity contribution is 1.24. The third-order valence-electron chi connectivity index (χ3n) is 3.68. The van der Waals surface area contributed by atoms with Crippen LogP contribution in [0.15, 0.2) is 89.1 Å². The molecule has 1 radical (unpaired) electrons. The first-order valence-electron chi connectivity index (χ1n) is 7.21. The van der Waals surface area contributed by atoms with Crippen molar-refractivity contribution >= 4 is 32.9 Å². The molecular formula is C20H13N2. The SMILES string of the molecule is [c]1c(N=Nc2cccc3ccccc23)ccc2ccccc12. The average Bonchev–Trinajstić information content (AvgIpc) is 2.60. The van der Waals surface area contributed by atoms with Gasteiger partial charge in [0.25, 0.3) is 0 Å². The van der Waals surface area contributed by atoms with Crippen molar-refractivity contribution in [2.24, 2.45) is 10.2 Å². The Bertz CT molecular complexity index is 981. The standard InChI is InChI=1S/C20H13N2/c1-2-8-17-14-18(13-12-15(17)6-1)21-22-20-11-5-9-16-7-3-4-10-19(16)20/h1-13H. The molecule has 0 atom stereocenters. The van der Waals surface area contributed by atoms with E-state index in [1.54, 1.807) is 0 Å². The van der Waals surface area contributed by atoms with Gasteiger partial charge in [-0.3, -0.25) is 0 Å². The maximum atomic E-state index is 4.41. The van der Waals surface area contributed by atoms with E-state index >= 15 is 0 Å². The number of hydrogen-bond donors (Lipinski definition) is 0. The summed E-state index contributed by atoms with van der Waals surface area (Å²) in [5.74, 6) is 0. The normalized spacial score (nSPS) is 11.5. The molecule has 0 heterocycles. The molecule has 0 fully saturated rings. The molecule has 0 aliphatic heterocycles. The minimum absolute atomic E-state index is 0.742. The molecule has 103 valence electrons. The number of hydrogen-bond acceptors (Lipinski definition) is 2. The number of azo groups is 1. The minimum atomic E-state index is 0.742. The molecule has 0 unspecified atom stereocenters. The van der Waals surface area contributed by atoms with Crippen LogP contribution >= 0.6 is 0 Å². The molecule has 0 aromatic heterocycles. The third-order valence-corrected chi connectivity index (χ3v) is 3.68. The van der Waals surface area contributed by atoms with E-state index in [0.717, 1.165) is 27.5 Å². The minimum Gasteiger partial charge on any atom is -0.150 e. The smallest absolute Gasteiger partial charge is 0.0942 e. The summed E-state index contributed by atoms with van der Waals surface area (Å²) in [5, 5.41) is 13.2. The molecule has 0 saturated carbocycles. The Kier molecular flexibility index (Phi) is 3.13. The molecule has 4 rings (SSSR count). The molecule has 0 N–H and O–H groups in total. The van der Waals surface area contributed by atoms with Crippen LogP contribution in [-0.4, -0.2) is 0 Å². The molecular weight excluding hydrogens is 268 g/mol. The van der Waals surface area contributed by atoms with E-state index in [4.69, 9.17) is 0 Å². The fourth-order valence-electron chi connectivity index (χ4n) is 2.57. The molecule has 22 heavy (non-hydrogen) atoms. The van der Waals surface area contributed by atoms with Gasteiger partial charge in [0.1, 0.15) is 0 Å². The molecule has 2 nitrogen and oxygen atoms in total. The summed E-state index contributed by atoms with van der Waals surface area (Å²) in [7, 11) is 0. The maximum absolute atomic E-state index is 4.41. The fourth-order valence-corrected chi connectivity index (χ4v) is 2.57. The van der Waals surface area contributed by atoms with Crippen molar-refractivity contribution in [1.82, 2.24) is 0 Å². The van der Waals surface area contributed by atoms with Gasteiger partial charge in [0.05, 0.1) is 11.4 Å². The van der Waals surface area contributed by atoms with Gasteiger partial charge in [0, 0.05) is 11.5 Å². The zero-order valence-corrected chi connectivity index (χ0v) is 11.9. The van der Waals surface area contributed by atoms with Crippen molar-refractivity contribution < 1.29 is 0 Å². The van der Waals surface area contributed by atoms with E-state index in [2.05, 4.69) is 40.6 Å². The second-order valence-electron chi connectivity index (χ2n) is 5.13. The highest BCUT2D eigenvalue weighted by molar-refractivity contribution is 5.92. The molecule has 4 aromatic carbocycles. The van der Waals surface area contributed by atoms with Crippen molar-refractivity contribution in [3.05, 3.63) is 84.9 Å². The Morgan fingerprint density at radius 1 is 0.591 bits per heavy atom. The van der Waals surface area contributed by atoms with Crippen molar-refractivity contribution in [1.29, 1.82) is 0 Å². The molecule has 0 saturated heterocycles. The Hall–Kier alpha value is -3.00. The Morgan fingerprint density at radius 3 is 2.32 bits per heavy atom. The predicted molar refractivity (Wildman–Crippen MR) is 90.9 cm³/mol. The fraction of sp³-hybridized carbons (Fsp3) is 0. The van der Waals surface area contributed by atoms with Crippen LogP contribution < -0.4 is 0 Å². The van der Waals surface area contributed by atoms with Gasteiger partial charge in [0.2, 0.25) is 0 Å². The first kappa shape index (κ1) is 12.7. The summed E-state index contributed by atoms with van der Waals surface area (Å²) in [6.45, 7) is 0. The highest BCUT2D eigenvalue weighted by atomic mass is 15.1. The summed E-state index contributed by atoms with van der Waals surface area (Å²) in [6.07, 6.45) is 0. The van der Waals surface area contributed by atoms with Crippen LogP contribution in [0.2, 0.25) is 0 Å². The lowest BCUT2D eigenvalue weighted by Crippen LogP contribution is -1.73. The van der Waals surface area contributed by atoms with Crippen LogP contribution in [-0.2, 0) is 0 Å². The van der Waals surface area contributed by atoms with Gasteiger partial charge in [-0.2, -0.15) is 0 Å². The Balaban J connectivity index is 1.75. The van der Waals surface area contributed by atoms with E-state index in [1.807, 2.05) is 54.6 Å². The largest absolute Gasteiger partial charge is 0.150 e. The van der Waals surface area contributed by atoms with Crippen LogP contribution in [0.3, 0.4) is 0 Å². The Morgan fingerprint density at radius 2 is 1.36 bits per heavy atom. The monoisotopic (exact) mass is 281 g/mol. The zero-order valence-electron chi connectivity index (χ0n) is 11.9. The van der Waals surface area contributed by atoms with E-state index in [-0.39, 0.29) is 0 Å². The number of benzene rings is 4. The van der Waals surface area contributed by atoms with Gasteiger partial charge in [-0.1, -0.05) is 66.7 Å². The van der Waals surface area contributed by atoms with Gasteiger partial charge < -0.3 is 0 Å². The lowest BCUT2D eigenvalue weighted by Gasteiger charge is -2.01. The summed E-state index contributed by atoms with van der Waals surface area (Å²) in [4.78, 5) is 0. The molecule has 0 amide bonds. The zero-order chi connectivity index (χ0) is 14.8. The van der Waals surface area contributed by atoms with Crippen LogP contribution in [0, 0.1) is 6.07 Å². The van der Waals surface area contributed by atoms with Crippen LogP contribution in [0.1, 0.15) is 0 Å². The molecule has 0 spiro atoms. The summed E-state index contributed by atoms with van der Waals surface area (Å²) in [5.41, 5.74) is 1.62. The second kappa shape index (κ2) is 5.41. The summed E-state index contributed by atoms with van der Waals surface area (Å²) in [6, 6.07) is 29.6. The number of rotatable bonds is 2. The quantitative estimate of drug-likeness (QED) is 0.390. The van der Waals surface area contributed by atoms with Gasteiger partial charge in [-0.05, 0) is 28.3 Å². The lowest BCUT2D eigenvalue weighted by atomic mass is 10.1. The molecule has 2 heteroatoms. The van der Waals surface area contributed by atoms with E-state index in [0.29, 0.717) is 0 Å². The van der Waals surface area contributed by atoms with E-state index in [9.17, 15) is 0 Å². The van der Waals surface area contributed by atoms with Gasteiger partial charge in [-0.25, -0.2) is 0 Å². The maximum Gasteiger partial charge on any atom is 0.0942 e. The highest BCUT2D eigenvalue weighted by Crippen LogP contribution is 2.28. The van der Waals surface area contributed by atoms with Crippen LogP contribution in [0.25, 0.3) is 21.5 Å². The average molecular weight is 281 g/mol. The Labute approximate surface area is 128 Å². The van der Waals surface area contributed by atoms with Gasteiger partial charge >= 0.3 is 0 Å². The highest BCUT2D eigenvalue weighted by Gasteiger charge is 1.99. The van der Waals surface area contributed by atoms with Crippen LogP contribution in [0.5, 0.6) is 0 Å². The second-order valence-corrected chi connectivity index (χ2v) is 5.13. The predicted octanol–water partition coefficient (Wildman–Crippen LogP) is 6.21. The summed E-state index contributed by atoms with van der Waals surface area (Å²) < 4.78 is 0. The number of nitrogens with zero attached hydrogens (tertiary/aromatic N) is 2. The van der Waals surface area contributed by atoms with E-state index in [1.165, 1.54) is 5.39 Å². The first-order valence-corrected chi connectivity index (χ1v) is 7.21. The van der Waals surface area contributed by atoms with Crippen LogP contribution in [0.4, 0.5) is 11.4 Å². The van der Waals surface area contributed by atoms with Gasteiger partial charge in [0.15, 0.2) is 0 Å². The van der Waals surface area contributed by atoms with Crippen molar-refractivity contribution in [2.45, 2.75) is 0 Å². The molecule has 0 aliphatic rings. The third kappa shape index (κ3) is 2.35. The molecule has 0 aliphatic carbocycles. The van der Waals surface area contributed by atoms with Crippen molar-refractivity contribution in [3.63, 3.8) is 0 Å². The number of fused-ring (bicyclic) bond motifs is 2. The van der Waals surface area contributed by atoms with Gasteiger partial charge in [-0.15, -0.1) is 10.2 Å². The van der Waals surface area contributed by atoms with Crippen molar-refractivity contribution in [3.8, 4) is 0 Å².